The maximum atomic E-state index is 6.06. The van der Waals surface area contributed by atoms with Gasteiger partial charge >= 0.3 is 0 Å². The second-order valence-corrected chi connectivity index (χ2v) is 8.62. The zero-order valence-electron chi connectivity index (χ0n) is 12.8. The quantitative estimate of drug-likeness (QED) is 0.624. The van der Waals surface area contributed by atoms with Crippen molar-refractivity contribution < 1.29 is 4.74 Å². The summed E-state index contributed by atoms with van der Waals surface area (Å²) in [6.45, 7) is 1.07. The molecule has 0 aromatic carbocycles. The molecule has 4 saturated carbocycles. The highest BCUT2D eigenvalue weighted by Gasteiger charge is 2.55. The lowest BCUT2D eigenvalue weighted by molar-refractivity contribution is -0.0261. The first-order valence-corrected chi connectivity index (χ1v) is 9.53. The van der Waals surface area contributed by atoms with Crippen molar-refractivity contribution in [1.82, 2.24) is 0 Å². The molecule has 0 aromatic rings. The van der Waals surface area contributed by atoms with Crippen molar-refractivity contribution in [3.05, 3.63) is 0 Å². The van der Waals surface area contributed by atoms with Crippen molar-refractivity contribution >= 4 is 0 Å². The van der Waals surface area contributed by atoms with Gasteiger partial charge in [-0.1, -0.05) is 19.3 Å². The summed E-state index contributed by atoms with van der Waals surface area (Å²) in [5.41, 5.74) is 0. The van der Waals surface area contributed by atoms with Crippen LogP contribution < -0.4 is 0 Å². The Morgan fingerprint density at radius 3 is 2.25 bits per heavy atom. The molecule has 1 heteroatoms. The van der Waals surface area contributed by atoms with E-state index in [9.17, 15) is 0 Å². The van der Waals surface area contributed by atoms with Crippen molar-refractivity contribution in [2.45, 2.75) is 70.3 Å². The summed E-state index contributed by atoms with van der Waals surface area (Å²) >= 11 is 0. The minimum atomic E-state index is 0.674. The largest absolute Gasteiger partial charge is 0.378 e. The average molecular weight is 274 g/mol. The molecule has 0 radical (unpaired) electrons. The van der Waals surface area contributed by atoms with E-state index >= 15 is 0 Å². The molecule has 5 rings (SSSR count). The van der Waals surface area contributed by atoms with Crippen LogP contribution in [0.1, 0.15) is 64.2 Å². The molecule has 5 aliphatic rings. The van der Waals surface area contributed by atoms with E-state index in [2.05, 4.69) is 0 Å². The van der Waals surface area contributed by atoms with Gasteiger partial charge in [-0.05, 0) is 86.4 Å². The predicted molar refractivity (Wildman–Crippen MR) is 80.3 cm³/mol. The van der Waals surface area contributed by atoms with Gasteiger partial charge in [-0.3, -0.25) is 0 Å². The average Bonchev–Trinajstić information content (AvgIpc) is 3.07. The summed E-state index contributed by atoms with van der Waals surface area (Å²) in [6.07, 6.45) is 16.0. The summed E-state index contributed by atoms with van der Waals surface area (Å²) in [5, 5.41) is 0. The number of fused-ring (bicyclic) bond motifs is 7. The fraction of sp³-hybridized carbons (Fsp3) is 1.00. The van der Waals surface area contributed by atoms with Crippen molar-refractivity contribution in [1.29, 1.82) is 0 Å². The molecule has 1 saturated heterocycles. The van der Waals surface area contributed by atoms with Crippen LogP contribution in [0.15, 0.2) is 0 Å². The normalized spacial score (nSPS) is 57.6. The number of hydrogen-bond donors (Lipinski definition) is 0. The molecule has 112 valence electrons. The first-order chi connectivity index (χ1) is 9.92. The van der Waals surface area contributed by atoms with E-state index in [4.69, 9.17) is 4.74 Å². The van der Waals surface area contributed by atoms with E-state index in [1.165, 1.54) is 25.7 Å². The van der Waals surface area contributed by atoms with Crippen LogP contribution in [-0.4, -0.2) is 12.7 Å². The SMILES string of the molecule is C1CCC2C(C1)CCC1C2CCC2C3CCOC3CC21. The van der Waals surface area contributed by atoms with Crippen LogP contribution in [0.25, 0.3) is 0 Å². The Morgan fingerprint density at radius 1 is 0.550 bits per heavy atom. The third-order valence-corrected chi connectivity index (χ3v) is 8.19. The predicted octanol–water partition coefficient (Wildman–Crippen LogP) is 4.65. The zero-order chi connectivity index (χ0) is 13.1. The Morgan fingerprint density at radius 2 is 1.30 bits per heavy atom. The summed E-state index contributed by atoms with van der Waals surface area (Å²) in [6, 6.07) is 0. The first kappa shape index (κ1) is 12.5. The minimum Gasteiger partial charge on any atom is -0.378 e. The van der Waals surface area contributed by atoms with Gasteiger partial charge in [-0.25, -0.2) is 0 Å². The first-order valence-electron chi connectivity index (χ1n) is 9.53. The maximum absolute atomic E-state index is 6.06. The Hall–Kier alpha value is -0.0400. The Balaban J connectivity index is 1.39. The van der Waals surface area contributed by atoms with Crippen LogP contribution >= 0.6 is 0 Å². The molecule has 1 aliphatic heterocycles. The molecular formula is C19H30O. The van der Waals surface area contributed by atoms with E-state index in [1.54, 1.807) is 38.5 Å². The molecule has 1 heterocycles. The van der Waals surface area contributed by atoms with Gasteiger partial charge < -0.3 is 4.74 Å². The van der Waals surface area contributed by atoms with Gasteiger partial charge in [0.1, 0.15) is 0 Å². The van der Waals surface area contributed by atoms with Crippen LogP contribution in [0.2, 0.25) is 0 Å². The lowest BCUT2D eigenvalue weighted by Crippen LogP contribution is -2.44. The van der Waals surface area contributed by atoms with Gasteiger partial charge in [0.05, 0.1) is 6.10 Å². The molecule has 0 spiro atoms. The van der Waals surface area contributed by atoms with E-state index in [0.717, 1.165) is 48.0 Å². The van der Waals surface area contributed by atoms with Crippen LogP contribution in [-0.2, 0) is 4.74 Å². The summed E-state index contributed by atoms with van der Waals surface area (Å²) < 4.78 is 6.06. The molecule has 0 bridgehead atoms. The third-order valence-electron chi connectivity index (χ3n) is 8.19. The molecule has 4 aliphatic carbocycles. The highest BCUT2D eigenvalue weighted by molar-refractivity contribution is 5.04. The highest BCUT2D eigenvalue weighted by Crippen LogP contribution is 2.60. The van der Waals surface area contributed by atoms with Crippen LogP contribution in [0.3, 0.4) is 0 Å². The molecule has 8 unspecified atom stereocenters. The van der Waals surface area contributed by atoms with Crippen molar-refractivity contribution in [3.63, 3.8) is 0 Å². The molecule has 1 nitrogen and oxygen atoms in total. The zero-order valence-corrected chi connectivity index (χ0v) is 12.8. The fourth-order valence-corrected chi connectivity index (χ4v) is 7.52. The van der Waals surface area contributed by atoms with E-state index in [0.29, 0.717) is 6.10 Å². The van der Waals surface area contributed by atoms with Gasteiger partial charge in [-0.2, -0.15) is 0 Å². The number of hydrogen-bond acceptors (Lipinski definition) is 1. The molecule has 8 atom stereocenters. The molecule has 20 heavy (non-hydrogen) atoms. The van der Waals surface area contributed by atoms with Gasteiger partial charge in [0, 0.05) is 6.61 Å². The number of ether oxygens (including phenoxy) is 1. The standard InChI is InChI=1S/C19H30O/c1-2-4-13-12(3-1)5-6-15-14(13)7-8-16-17-9-10-20-19(17)11-18(15)16/h12-19H,1-11H2. The summed E-state index contributed by atoms with van der Waals surface area (Å²) in [4.78, 5) is 0. The number of rotatable bonds is 0. The molecule has 0 amide bonds. The Kier molecular flexibility index (Phi) is 2.96. The second-order valence-electron chi connectivity index (χ2n) is 8.62. The smallest absolute Gasteiger partial charge is 0.0609 e. The lowest BCUT2D eigenvalue weighted by atomic mass is 9.53. The minimum absolute atomic E-state index is 0.674. The molecular weight excluding hydrogens is 244 g/mol. The third kappa shape index (κ3) is 1.71. The molecule has 0 N–H and O–H groups in total. The summed E-state index contributed by atoms with van der Waals surface area (Å²) in [7, 11) is 0. The van der Waals surface area contributed by atoms with Crippen LogP contribution in [0.4, 0.5) is 0 Å². The van der Waals surface area contributed by atoms with E-state index in [-0.39, 0.29) is 0 Å². The van der Waals surface area contributed by atoms with Gasteiger partial charge in [0.15, 0.2) is 0 Å². The van der Waals surface area contributed by atoms with Gasteiger partial charge in [0.25, 0.3) is 0 Å². The van der Waals surface area contributed by atoms with Gasteiger partial charge in [0.2, 0.25) is 0 Å². The Bertz CT molecular complexity index is 374. The van der Waals surface area contributed by atoms with Crippen molar-refractivity contribution in [2.24, 2.45) is 41.4 Å². The van der Waals surface area contributed by atoms with E-state index in [1.807, 2.05) is 0 Å². The van der Waals surface area contributed by atoms with E-state index < -0.39 is 0 Å². The highest BCUT2D eigenvalue weighted by atomic mass is 16.5. The monoisotopic (exact) mass is 274 g/mol. The Labute approximate surface area is 123 Å². The lowest BCUT2D eigenvalue weighted by Gasteiger charge is -2.52. The maximum Gasteiger partial charge on any atom is 0.0609 e. The van der Waals surface area contributed by atoms with Crippen LogP contribution in [0.5, 0.6) is 0 Å². The summed E-state index contributed by atoms with van der Waals surface area (Å²) in [5.74, 6) is 7.56. The molecule has 5 fully saturated rings. The topological polar surface area (TPSA) is 9.23 Å². The fourth-order valence-electron chi connectivity index (χ4n) is 7.52. The van der Waals surface area contributed by atoms with Crippen LogP contribution in [0, 0.1) is 41.4 Å². The molecule has 0 aromatic heterocycles. The second kappa shape index (κ2) is 4.73. The van der Waals surface area contributed by atoms with Crippen molar-refractivity contribution in [2.75, 3.05) is 6.61 Å². The van der Waals surface area contributed by atoms with Crippen molar-refractivity contribution in [3.8, 4) is 0 Å². The van der Waals surface area contributed by atoms with Gasteiger partial charge in [-0.15, -0.1) is 0 Å².